The minimum absolute atomic E-state index is 0.0340. The molecule has 5 nitrogen and oxygen atoms in total. The molecule has 4 rings (SSSR count). The zero-order valence-corrected chi connectivity index (χ0v) is 14.3. The quantitative estimate of drug-likeness (QED) is 0.539. The smallest absolute Gasteiger partial charge is 0.204 e. The molecule has 0 atom stereocenters. The summed E-state index contributed by atoms with van der Waals surface area (Å²) in [5.74, 6) is 6.77. The van der Waals surface area contributed by atoms with Gasteiger partial charge in [-0.15, -0.1) is 11.3 Å². The van der Waals surface area contributed by atoms with Gasteiger partial charge in [0.05, 0.1) is 18.8 Å². The molecule has 3 aromatic rings. The van der Waals surface area contributed by atoms with Crippen LogP contribution >= 0.6 is 11.3 Å². The maximum absolute atomic E-state index is 12.4. The highest BCUT2D eigenvalue weighted by molar-refractivity contribution is 7.17. The van der Waals surface area contributed by atoms with Gasteiger partial charge in [0.2, 0.25) is 5.43 Å². The van der Waals surface area contributed by atoms with Crippen LogP contribution in [0.25, 0.3) is 10.3 Å². The van der Waals surface area contributed by atoms with Crippen LogP contribution < -0.4 is 16.1 Å². The van der Waals surface area contributed by atoms with Crippen molar-refractivity contribution in [3.63, 3.8) is 0 Å². The fourth-order valence-corrected chi connectivity index (χ4v) is 3.50. The van der Waals surface area contributed by atoms with E-state index in [2.05, 4.69) is 11.8 Å². The third kappa shape index (κ3) is 3.25. The van der Waals surface area contributed by atoms with Crippen LogP contribution in [0.4, 0.5) is 11.6 Å². The average Bonchev–Trinajstić information content (AvgIpc) is 3.06. The number of hydrogen-bond donors (Lipinski definition) is 1. The predicted octanol–water partition coefficient (Wildman–Crippen LogP) is 2.67. The van der Waals surface area contributed by atoms with Crippen molar-refractivity contribution in [1.29, 1.82) is 0 Å². The normalized spacial score (nSPS) is 14.3. The number of nitrogens with two attached hydrogens (primary N) is 1. The molecule has 0 spiro atoms. The number of fused-ring (bicyclic) bond motifs is 1. The molecular formula is C19H16N2O3S. The van der Waals surface area contributed by atoms with Crippen LogP contribution in [0.1, 0.15) is 11.1 Å². The van der Waals surface area contributed by atoms with Crippen molar-refractivity contribution >= 4 is 33.2 Å². The van der Waals surface area contributed by atoms with Gasteiger partial charge in [0.1, 0.15) is 4.70 Å². The summed E-state index contributed by atoms with van der Waals surface area (Å²) in [7, 11) is 0. The highest BCUT2D eigenvalue weighted by atomic mass is 32.1. The average molecular weight is 352 g/mol. The van der Waals surface area contributed by atoms with Crippen molar-refractivity contribution in [2.45, 2.75) is 0 Å². The van der Waals surface area contributed by atoms with Crippen LogP contribution in [0.15, 0.2) is 44.9 Å². The second-order valence-electron chi connectivity index (χ2n) is 5.73. The molecular weight excluding hydrogens is 336 g/mol. The van der Waals surface area contributed by atoms with Crippen molar-refractivity contribution in [3.8, 4) is 11.8 Å². The Labute approximate surface area is 148 Å². The first kappa shape index (κ1) is 15.8. The molecule has 1 fully saturated rings. The van der Waals surface area contributed by atoms with E-state index < -0.39 is 0 Å². The van der Waals surface area contributed by atoms with Crippen molar-refractivity contribution in [2.75, 3.05) is 36.9 Å². The van der Waals surface area contributed by atoms with Crippen LogP contribution in [0, 0.1) is 11.8 Å². The lowest BCUT2D eigenvalue weighted by atomic mass is 10.2. The highest BCUT2D eigenvalue weighted by Gasteiger charge is 2.17. The van der Waals surface area contributed by atoms with Gasteiger partial charge in [0, 0.05) is 35.8 Å². The van der Waals surface area contributed by atoms with E-state index in [1.807, 2.05) is 34.5 Å². The lowest BCUT2D eigenvalue weighted by Gasteiger charge is -2.26. The molecule has 2 N–H and O–H groups in total. The minimum atomic E-state index is -0.0340. The molecule has 1 saturated heterocycles. The summed E-state index contributed by atoms with van der Waals surface area (Å²) in [5, 5.41) is 1.86. The van der Waals surface area contributed by atoms with Crippen LogP contribution in [-0.2, 0) is 4.74 Å². The third-order valence-electron chi connectivity index (χ3n) is 4.01. The van der Waals surface area contributed by atoms with Crippen molar-refractivity contribution in [2.24, 2.45) is 0 Å². The van der Waals surface area contributed by atoms with Crippen LogP contribution in [0.2, 0.25) is 0 Å². The lowest BCUT2D eigenvalue weighted by Crippen LogP contribution is -2.36. The first-order valence-electron chi connectivity index (χ1n) is 7.96. The van der Waals surface area contributed by atoms with Crippen LogP contribution in [0.5, 0.6) is 0 Å². The molecule has 0 unspecified atom stereocenters. The predicted molar refractivity (Wildman–Crippen MR) is 100 cm³/mol. The first-order valence-corrected chi connectivity index (χ1v) is 8.84. The van der Waals surface area contributed by atoms with Crippen LogP contribution in [0.3, 0.4) is 0 Å². The fourth-order valence-electron chi connectivity index (χ4n) is 2.66. The highest BCUT2D eigenvalue weighted by Crippen LogP contribution is 2.27. The molecule has 0 amide bonds. The summed E-state index contributed by atoms with van der Waals surface area (Å²) in [6.07, 6.45) is 0. The minimum Gasteiger partial charge on any atom is -0.438 e. The van der Waals surface area contributed by atoms with Crippen molar-refractivity contribution < 1.29 is 9.15 Å². The summed E-state index contributed by atoms with van der Waals surface area (Å²) in [6, 6.07) is 8.92. The molecule has 126 valence electrons. The van der Waals surface area contributed by atoms with E-state index in [1.54, 1.807) is 6.07 Å². The molecule has 1 aliphatic rings. The monoisotopic (exact) mass is 352 g/mol. The molecule has 25 heavy (non-hydrogen) atoms. The van der Waals surface area contributed by atoms with Crippen molar-refractivity contribution in [3.05, 3.63) is 57.1 Å². The summed E-state index contributed by atoms with van der Waals surface area (Å²) >= 11 is 1.36. The number of hydrogen-bond acceptors (Lipinski definition) is 6. The van der Waals surface area contributed by atoms with Gasteiger partial charge in [-0.25, -0.2) is 0 Å². The second-order valence-corrected chi connectivity index (χ2v) is 6.61. The summed E-state index contributed by atoms with van der Waals surface area (Å²) in [5.41, 5.74) is 8.50. The number of rotatable bonds is 1. The number of anilines is 2. The molecule has 3 heterocycles. The first-order chi connectivity index (χ1) is 12.2. The van der Waals surface area contributed by atoms with E-state index in [1.165, 1.54) is 11.3 Å². The third-order valence-corrected chi connectivity index (χ3v) is 4.98. The molecule has 0 bridgehead atoms. The number of nitrogen functional groups attached to an aromatic ring is 1. The van der Waals surface area contributed by atoms with E-state index in [4.69, 9.17) is 14.9 Å². The van der Waals surface area contributed by atoms with Gasteiger partial charge < -0.3 is 19.8 Å². The maximum Gasteiger partial charge on any atom is 0.204 e. The van der Waals surface area contributed by atoms with E-state index >= 15 is 0 Å². The Kier molecular flexibility index (Phi) is 4.18. The largest absolute Gasteiger partial charge is 0.438 e. The van der Waals surface area contributed by atoms with E-state index in [9.17, 15) is 4.79 Å². The van der Waals surface area contributed by atoms with Gasteiger partial charge in [-0.2, -0.15) is 0 Å². The zero-order chi connectivity index (χ0) is 17.2. The molecule has 6 heteroatoms. The second kappa shape index (κ2) is 6.63. The fraction of sp³-hybridized carbons (Fsp3) is 0.211. The van der Waals surface area contributed by atoms with Crippen LogP contribution in [-0.4, -0.2) is 26.3 Å². The Morgan fingerprint density at radius 3 is 2.64 bits per heavy atom. The SMILES string of the molecule is Nc1ccc(C#Cc2csc3c(=O)cc(N4CCOCC4)oc23)cc1. The van der Waals surface area contributed by atoms with Gasteiger partial charge >= 0.3 is 0 Å². The molecule has 0 radical (unpaired) electrons. The Bertz CT molecular complexity index is 1020. The number of nitrogens with zero attached hydrogens (tertiary/aromatic N) is 1. The molecule has 0 saturated carbocycles. The Morgan fingerprint density at radius 1 is 1.12 bits per heavy atom. The van der Waals surface area contributed by atoms with Gasteiger partial charge in [-0.3, -0.25) is 4.79 Å². The zero-order valence-electron chi connectivity index (χ0n) is 13.5. The standard InChI is InChI=1S/C19H16N2O3S/c20-15-5-2-13(3-6-15)1-4-14-12-25-19-16(22)11-17(24-18(14)19)21-7-9-23-10-8-21/h2-3,5-6,11-12H,7-10,20H2. The van der Waals surface area contributed by atoms with Gasteiger partial charge in [-0.05, 0) is 24.3 Å². The number of benzene rings is 1. The topological polar surface area (TPSA) is 68.7 Å². The molecule has 2 aromatic heterocycles. The summed E-state index contributed by atoms with van der Waals surface area (Å²) in [6.45, 7) is 2.69. The van der Waals surface area contributed by atoms with E-state index in [0.29, 0.717) is 48.2 Å². The number of morpholine rings is 1. The van der Waals surface area contributed by atoms with Gasteiger partial charge in [0.15, 0.2) is 11.5 Å². The van der Waals surface area contributed by atoms with Crippen molar-refractivity contribution in [1.82, 2.24) is 0 Å². The summed E-state index contributed by atoms with van der Waals surface area (Å²) < 4.78 is 12.0. The van der Waals surface area contributed by atoms with Gasteiger partial charge in [-0.1, -0.05) is 11.8 Å². The lowest BCUT2D eigenvalue weighted by molar-refractivity contribution is 0.121. The Balaban J connectivity index is 1.73. The summed E-state index contributed by atoms with van der Waals surface area (Å²) in [4.78, 5) is 14.4. The van der Waals surface area contributed by atoms with E-state index in [-0.39, 0.29) is 5.43 Å². The number of thiophene rings is 1. The maximum atomic E-state index is 12.4. The molecule has 1 aliphatic heterocycles. The Morgan fingerprint density at radius 2 is 1.88 bits per heavy atom. The van der Waals surface area contributed by atoms with E-state index in [0.717, 1.165) is 11.1 Å². The molecule has 0 aliphatic carbocycles. The molecule has 1 aromatic carbocycles. The van der Waals surface area contributed by atoms with Gasteiger partial charge in [0.25, 0.3) is 0 Å². The Hall–Kier alpha value is -2.75. The number of ether oxygens (including phenoxy) is 1.